The topological polar surface area (TPSA) is 54.2 Å². The molecular formula is C19H22Cl2N2O2Si. The number of benzene rings is 2. The van der Waals surface area contributed by atoms with Crippen LogP contribution in [0.5, 0.6) is 11.5 Å². The van der Waals surface area contributed by atoms with Gasteiger partial charge in [0.25, 0.3) is 0 Å². The van der Waals surface area contributed by atoms with Crippen LogP contribution in [0.3, 0.4) is 0 Å². The Morgan fingerprint density at radius 2 is 1.42 bits per heavy atom. The molecule has 0 saturated heterocycles. The lowest BCUT2D eigenvalue weighted by molar-refractivity contribution is 0.474. The SMILES string of the molecule is CC(=NCCN=C(C)c1ccccc1O[Si](C)(Cl)Cl)c1ccccc1O. The maximum Gasteiger partial charge on any atom is 0.446 e. The maximum absolute atomic E-state index is 9.86. The van der Waals surface area contributed by atoms with Crippen molar-refractivity contribution in [3.63, 3.8) is 0 Å². The number of halogens is 2. The number of para-hydroxylation sites is 2. The normalized spacial score (nSPS) is 13.0. The van der Waals surface area contributed by atoms with Crippen molar-refractivity contribution in [3.8, 4) is 11.5 Å². The zero-order chi connectivity index (χ0) is 19.2. The van der Waals surface area contributed by atoms with E-state index in [0.717, 1.165) is 22.6 Å². The third-order valence-corrected chi connectivity index (χ3v) is 4.70. The molecular weight excluding hydrogens is 387 g/mol. The second-order valence-corrected chi connectivity index (χ2v) is 12.6. The van der Waals surface area contributed by atoms with Crippen LogP contribution in [0.15, 0.2) is 58.5 Å². The van der Waals surface area contributed by atoms with Gasteiger partial charge in [-0.25, -0.2) is 0 Å². The zero-order valence-electron chi connectivity index (χ0n) is 15.0. The molecule has 0 unspecified atom stereocenters. The summed E-state index contributed by atoms with van der Waals surface area (Å²) in [5, 5.41) is 9.86. The molecule has 2 aromatic rings. The monoisotopic (exact) mass is 408 g/mol. The lowest BCUT2D eigenvalue weighted by atomic mass is 10.1. The Kier molecular flexibility index (Phi) is 7.26. The van der Waals surface area contributed by atoms with Crippen molar-refractivity contribution in [2.75, 3.05) is 13.1 Å². The highest BCUT2D eigenvalue weighted by atomic mass is 35.7. The van der Waals surface area contributed by atoms with Gasteiger partial charge in [0.05, 0.1) is 13.1 Å². The van der Waals surface area contributed by atoms with Gasteiger partial charge >= 0.3 is 6.94 Å². The van der Waals surface area contributed by atoms with Crippen molar-refractivity contribution in [2.24, 2.45) is 9.98 Å². The van der Waals surface area contributed by atoms with Crippen molar-refractivity contribution in [2.45, 2.75) is 20.4 Å². The van der Waals surface area contributed by atoms with Gasteiger partial charge in [0, 0.05) is 22.6 Å². The number of hydrogen-bond donors (Lipinski definition) is 1. The Bertz CT molecular complexity index is 817. The van der Waals surface area contributed by atoms with Crippen LogP contribution in [-0.2, 0) is 0 Å². The molecule has 0 bridgehead atoms. The Morgan fingerprint density at radius 1 is 0.923 bits per heavy atom. The molecule has 0 aliphatic rings. The van der Waals surface area contributed by atoms with Crippen LogP contribution in [0.2, 0.25) is 6.55 Å². The van der Waals surface area contributed by atoms with E-state index >= 15 is 0 Å². The second kappa shape index (κ2) is 9.21. The fraction of sp³-hybridized carbons (Fsp3) is 0.263. The third kappa shape index (κ3) is 6.16. The number of rotatable bonds is 7. The highest BCUT2D eigenvalue weighted by molar-refractivity contribution is 7.42. The molecule has 2 aromatic carbocycles. The fourth-order valence-electron chi connectivity index (χ4n) is 2.43. The summed E-state index contributed by atoms with van der Waals surface area (Å²) in [6.45, 7) is 3.83. The van der Waals surface area contributed by atoms with E-state index in [0.29, 0.717) is 18.8 Å². The molecule has 4 nitrogen and oxygen atoms in total. The first-order chi connectivity index (χ1) is 12.3. The third-order valence-electron chi connectivity index (χ3n) is 3.66. The number of aromatic hydroxyl groups is 1. The standard InChI is InChI=1S/C19H22Cl2N2O2Si/c1-14(16-8-4-6-10-18(16)24)22-12-13-23-15(2)17-9-5-7-11-19(17)25-26(3,20)21/h4-11,24H,12-13H2,1-3H3. The van der Waals surface area contributed by atoms with E-state index in [1.165, 1.54) is 0 Å². The van der Waals surface area contributed by atoms with Gasteiger partial charge in [-0.2, -0.15) is 0 Å². The summed E-state index contributed by atoms with van der Waals surface area (Å²) >= 11 is 12.2. The largest absolute Gasteiger partial charge is 0.518 e. The predicted octanol–water partition coefficient (Wildman–Crippen LogP) is 5.14. The highest BCUT2D eigenvalue weighted by Gasteiger charge is 2.26. The van der Waals surface area contributed by atoms with E-state index in [2.05, 4.69) is 9.98 Å². The Hall–Kier alpha value is -1.82. The average Bonchev–Trinajstić information content (AvgIpc) is 2.58. The predicted molar refractivity (Wildman–Crippen MR) is 113 cm³/mol. The minimum Gasteiger partial charge on any atom is -0.518 e. The summed E-state index contributed by atoms with van der Waals surface area (Å²) in [5.74, 6) is 0.871. The van der Waals surface area contributed by atoms with Gasteiger partial charge < -0.3 is 9.53 Å². The summed E-state index contributed by atoms with van der Waals surface area (Å²) in [5.41, 5.74) is 3.22. The van der Waals surface area contributed by atoms with Crippen LogP contribution >= 0.6 is 22.2 Å². The maximum atomic E-state index is 9.86. The van der Waals surface area contributed by atoms with Crippen LogP contribution < -0.4 is 4.43 Å². The first kappa shape index (κ1) is 20.5. The van der Waals surface area contributed by atoms with Gasteiger partial charge in [-0.3, -0.25) is 9.98 Å². The minimum absolute atomic E-state index is 0.230. The smallest absolute Gasteiger partial charge is 0.446 e. The summed E-state index contributed by atoms with van der Waals surface area (Å²) in [7, 11) is 0. The molecule has 1 N–H and O–H groups in total. The molecule has 26 heavy (non-hydrogen) atoms. The Balaban J connectivity index is 2.05. The van der Waals surface area contributed by atoms with Gasteiger partial charge in [0.1, 0.15) is 11.5 Å². The van der Waals surface area contributed by atoms with Crippen LogP contribution in [0, 0.1) is 0 Å². The summed E-state index contributed by atoms with van der Waals surface area (Å²) in [6, 6.07) is 14.7. The van der Waals surface area contributed by atoms with E-state index in [4.69, 9.17) is 26.6 Å². The van der Waals surface area contributed by atoms with Crippen LogP contribution in [0.1, 0.15) is 25.0 Å². The first-order valence-corrected chi connectivity index (χ1v) is 12.7. The van der Waals surface area contributed by atoms with E-state index in [1.807, 2.05) is 50.2 Å². The number of aliphatic imine (C=N–C) groups is 2. The molecule has 0 aliphatic heterocycles. The van der Waals surface area contributed by atoms with E-state index in [-0.39, 0.29) is 5.75 Å². The van der Waals surface area contributed by atoms with Crippen molar-refractivity contribution in [3.05, 3.63) is 59.7 Å². The van der Waals surface area contributed by atoms with E-state index in [9.17, 15) is 5.11 Å². The number of phenolic OH excluding ortho intramolecular Hbond substituents is 1. The molecule has 0 amide bonds. The molecule has 0 fully saturated rings. The molecule has 0 saturated carbocycles. The Morgan fingerprint density at radius 3 is 2.00 bits per heavy atom. The van der Waals surface area contributed by atoms with Crippen LogP contribution in [0.25, 0.3) is 0 Å². The van der Waals surface area contributed by atoms with Crippen LogP contribution in [0.4, 0.5) is 0 Å². The zero-order valence-corrected chi connectivity index (χ0v) is 17.6. The van der Waals surface area contributed by atoms with Gasteiger partial charge in [0.2, 0.25) is 0 Å². The molecule has 0 radical (unpaired) electrons. The van der Waals surface area contributed by atoms with E-state index in [1.54, 1.807) is 18.7 Å². The minimum atomic E-state index is -2.73. The average molecular weight is 409 g/mol. The van der Waals surface area contributed by atoms with Gasteiger partial charge in [-0.1, -0.05) is 24.3 Å². The highest BCUT2D eigenvalue weighted by Crippen LogP contribution is 2.26. The lowest BCUT2D eigenvalue weighted by Crippen LogP contribution is -2.24. The summed E-state index contributed by atoms with van der Waals surface area (Å²) in [4.78, 5) is 9.06. The Labute approximate surface area is 164 Å². The lowest BCUT2D eigenvalue weighted by Gasteiger charge is -2.17. The summed E-state index contributed by atoms with van der Waals surface area (Å²) < 4.78 is 5.70. The molecule has 0 atom stereocenters. The van der Waals surface area contributed by atoms with Crippen molar-refractivity contribution in [1.82, 2.24) is 0 Å². The van der Waals surface area contributed by atoms with Crippen LogP contribution in [-0.4, -0.2) is 36.6 Å². The first-order valence-electron chi connectivity index (χ1n) is 8.24. The van der Waals surface area contributed by atoms with Crippen molar-refractivity contribution >= 4 is 40.5 Å². The quantitative estimate of drug-likeness (QED) is 0.298. The molecule has 0 aromatic heterocycles. The molecule has 0 spiro atoms. The van der Waals surface area contributed by atoms with Gasteiger partial charge in [0.15, 0.2) is 0 Å². The van der Waals surface area contributed by atoms with Crippen molar-refractivity contribution < 1.29 is 9.53 Å². The molecule has 0 heterocycles. The van der Waals surface area contributed by atoms with Gasteiger partial charge in [-0.05, 0) is 44.7 Å². The van der Waals surface area contributed by atoms with Gasteiger partial charge in [-0.15, -0.1) is 22.2 Å². The summed E-state index contributed by atoms with van der Waals surface area (Å²) in [6.07, 6.45) is 0. The number of phenols is 1. The van der Waals surface area contributed by atoms with Crippen molar-refractivity contribution in [1.29, 1.82) is 0 Å². The molecule has 0 aliphatic carbocycles. The number of nitrogens with zero attached hydrogens (tertiary/aromatic N) is 2. The molecule has 2 rings (SSSR count). The number of hydrogen-bond acceptors (Lipinski definition) is 4. The fourth-order valence-corrected chi connectivity index (χ4v) is 3.50. The van der Waals surface area contributed by atoms with E-state index < -0.39 is 6.94 Å². The molecule has 7 heteroatoms. The molecule has 138 valence electrons. The second-order valence-electron chi connectivity index (χ2n) is 5.86.